The van der Waals surface area contributed by atoms with E-state index in [1.165, 1.54) is 13.2 Å². The minimum Gasteiger partial charge on any atom is -0.495 e. The molecule has 2 N–H and O–H groups in total. The Bertz CT molecular complexity index is 1110. The molecule has 0 unspecified atom stereocenters. The Kier molecular flexibility index (Phi) is 5.25. The lowest BCUT2D eigenvalue weighted by Crippen LogP contribution is -2.25. The summed E-state index contributed by atoms with van der Waals surface area (Å²) in [6, 6.07) is 12.6. The average molecular weight is 414 g/mol. The number of aryl methyl sites for hydroxylation is 1. The van der Waals surface area contributed by atoms with Crippen LogP contribution >= 0.6 is 0 Å². The Morgan fingerprint density at radius 1 is 1.17 bits per heavy atom. The molecule has 0 atom stereocenters. The van der Waals surface area contributed by atoms with Crippen molar-refractivity contribution in [2.24, 2.45) is 0 Å². The standard InChI is InChI=1S/C20H22N4O4S/c1-13-3-5-14(6-4-13)20-22-19(28-23-20)12-21-17-11-16(9-10-18(17)27-2)29(25,26)24-15-7-8-15/h3-6,9-11,15,21,24H,7-8,12H2,1-2H3. The molecule has 2 aromatic carbocycles. The number of nitrogens with zero attached hydrogens (tertiary/aromatic N) is 2. The van der Waals surface area contributed by atoms with Gasteiger partial charge in [-0.1, -0.05) is 35.0 Å². The summed E-state index contributed by atoms with van der Waals surface area (Å²) in [6.45, 7) is 2.24. The number of hydrogen-bond acceptors (Lipinski definition) is 7. The van der Waals surface area contributed by atoms with Crippen LogP contribution in [0.3, 0.4) is 0 Å². The second kappa shape index (κ2) is 7.84. The number of rotatable bonds is 8. The number of hydrogen-bond donors (Lipinski definition) is 2. The topological polar surface area (TPSA) is 106 Å². The second-order valence-electron chi connectivity index (χ2n) is 6.99. The largest absolute Gasteiger partial charge is 0.495 e. The molecule has 1 aromatic heterocycles. The normalized spacial score (nSPS) is 14.0. The van der Waals surface area contributed by atoms with Crippen LogP contribution in [0.15, 0.2) is 51.9 Å². The van der Waals surface area contributed by atoms with Gasteiger partial charge in [0.2, 0.25) is 21.7 Å². The quantitative estimate of drug-likeness (QED) is 0.583. The van der Waals surface area contributed by atoms with Crippen molar-refractivity contribution in [2.45, 2.75) is 37.2 Å². The summed E-state index contributed by atoms with van der Waals surface area (Å²) in [5.41, 5.74) is 2.54. The van der Waals surface area contributed by atoms with Gasteiger partial charge in [0.15, 0.2) is 0 Å². The molecule has 29 heavy (non-hydrogen) atoms. The second-order valence-corrected chi connectivity index (χ2v) is 8.70. The zero-order valence-corrected chi connectivity index (χ0v) is 17.0. The van der Waals surface area contributed by atoms with Gasteiger partial charge in [-0.2, -0.15) is 4.98 Å². The molecule has 4 rings (SSSR count). The highest BCUT2D eigenvalue weighted by molar-refractivity contribution is 7.89. The van der Waals surface area contributed by atoms with Crippen molar-refractivity contribution in [1.29, 1.82) is 0 Å². The fourth-order valence-electron chi connectivity index (χ4n) is 2.80. The Labute approximate surface area is 169 Å². The molecule has 1 saturated carbocycles. The van der Waals surface area contributed by atoms with Gasteiger partial charge < -0.3 is 14.6 Å². The van der Waals surface area contributed by atoms with Gasteiger partial charge in [-0.05, 0) is 38.0 Å². The lowest BCUT2D eigenvalue weighted by molar-refractivity contribution is 0.383. The highest BCUT2D eigenvalue weighted by Gasteiger charge is 2.28. The zero-order chi connectivity index (χ0) is 20.4. The SMILES string of the molecule is COc1ccc(S(=O)(=O)NC2CC2)cc1NCc1nc(-c2ccc(C)cc2)no1. The van der Waals surface area contributed by atoms with Crippen LogP contribution in [0.1, 0.15) is 24.3 Å². The molecule has 0 saturated heterocycles. The van der Waals surface area contributed by atoms with Gasteiger partial charge in [0.1, 0.15) is 5.75 Å². The molecule has 0 amide bonds. The van der Waals surface area contributed by atoms with Crippen molar-refractivity contribution < 1.29 is 17.7 Å². The number of sulfonamides is 1. The van der Waals surface area contributed by atoms with Gasteiger partial charge >= 0.3 is 0 Å². The third-order valence-corrected chi connectivity index (χ3v) is 6.11. The summed E-state index contributed by atoms with van der Waals surface area (Å²) in [5, 5.41) is 7.13. The molecule has 0 bridgehead atoms. The molecular weight excluding hydrogens is 392 g/mol. The molecule has 3 aromatic rings. The van der Waals surface area contributed by atoms with Gasteiger partial charge in [-0.15, -0.1) is 0 Å². The van der Waals surface area contributed by atoms with E-state index >= 15 is 0 Å². The maximum Gasteiger partial charge on any atom is 0.246 e. The van der Waals surface area contributed by atoms with Crippen molar-refractivity contribution in [3.05, 3.63) is 53.9 Å². The highest BCUT2D eigenvalue weighted by atomic mass is 32.2. The fourth-order valence-corrected chi connectivity index (χ4v) is 4.13. The van der Waals surface area contributed by atoms with Crippen LogP contribution in [0.2, 0.25) is 0 Å². The van der Waals surface area contributed by atoms with Crippen LogP contribution in [-0.2, 0) is 16.6 Å². The highest BCUT2D eigenvalue weighted by Crippen LogP contribution is 2.29. The Hall–Kier alpha value is -2.91. The third-order valence-electron chi connectivity index (χ3n) is 4.59. The van der Waals surface area contributed by atoms with Gasteiger partial charge in [0, 0.05) is 11.6 Å². The van der Waals surface area contributed by atoms with Crippen LogP contribution in [0, 0.1) is 6.92 Å². The van der Waals surface area contributed by atoms with E-state index in [-0.39, 0.29) is 17.5 Å². The van der Waals surface area contributed by atoms with E-state index in [0.717, 1.165) is 24.0 Å². The number of anilines is 1. The van der Waals surface area contributed by atoms with Crippen LogP contribution in [-0.4, -0.2) is 31.7 Å². The minimum absolute atomic E-state index is 0.0390. The van der Waals surface area contributed by atoms with Gasteiger partial charge in [0.05, 0.1) is 24.2 Å². The van der Waals surface area contributed by atoms with Crippen molar-refractivity contribution in [3.63, 3.8) is 0 Å². The fraction of sp³-hybridized carbons (Fsp3) is 0.300. The van der Waals surface area contributed by atoms with Crippen LogP contribution < -0.4 is 14.8 Å². The summed E-state index contributed by atoms with van der Waals surface area (Å²) in [7, 11) is -2.03. The first-order chi connectivity index (χ1) is 13.9. The monoisotopic (exact) mass is 414 g/mol. The predicted molar refractivity (Wildman–Crippen MR) is 108 cm³/mol. The molecule has 9 heteroatoms. The number of aromatic nitrogens is 2. The summed E-state index contributed by atoms with van der Waals surface area (Å²) in [6.07, 6.45) is 1.75. The maximum absolute atomic E-state index is 12.5. The minimum atomic E-state index is -3.56. The van der Waals surface area contributed by atoms with E-state index in [1.807, 2.05) is 31.2 Å². The number of benzene rings is 2. The Morgan fingerprint density at radius 3 is 2.62 bits per heavy atom. The van der Waals surface area contributed by atoms with Crippen LogP contribution in [0.4, 0.5) is 5.69 Å². The number of nitrogens with one attached hydrogen (secondary N) is 2. The lowest BCUT2D eigenvalue weighted by atomic mass is 10.1. The number of ether oxygens (including phenoxy) is 1. The number of methoxy groups -OCH3 is 1. The zero-order valence-electron chi connectivity index (χ0n) is 16.2. The van der Waals surface area contributed by atoms with Crippen molar-refractivity contribution in [2.75, 3.05) is 12.4 Å². The third kappa shape index (κ3) is 4.57. The van der Waals surface area contributed by atoms with E-state index in [9.17, 15) is 8.42 Å². The van der Waals surface area contributed by atoms with Crippen molar-refractivity contribution in [1.82, 2.24) is 14.9 Å². The van der Waals surface area contributed by atoms with Crippen molar-refractivity contribution >= 4 is 15.7 Å². The Balaban J connectivity index is 1.50. The first-order valence-corrected chi connectivity index (χ1v) is 10.8. The van der Waals surface area contributed by atoms with E-state index in [1.54, 1.807) is 12.1 Å². The first-order valence-electron chi connectivity index (χ1n) is 9.28. The van der Waals surface area contributed by atoms with E-state index < -0.39 is 10.0 Å². The summed E-state index contributed by atoms with van der Waals surface area (Å²) >= 11 is 0. The molecule has 1 fully saturated rings. The molecular formula is C20H22N4O4S. The first kappa shape index (κ1) is 19.4. The smallest absolute Gasteiger partial charge is 0.246 e. The van der Waals surface area contributed by atoms with E-state index in [0.29, 0.717) is 23.2 Å². The maximum atomic E-state index is 12.5. The van der Waals surface area contributed by atoms with Crippen molar-refractivity contribution in [3.8, 4) is 17.1 Å². The van der Waals surface area contributed by atoms with Gasteiger partial charge in [0.25, 0.3) is 0 Å². The molecule has 0 radical (unpaired) electrons. The molecule has 8 nitrogen and oxygen atoms in total. The van der Waals surface area contributed by atoms with E-state index in [2.05, 4.69) is 20.2 Å². The molecule has 0 aliphatic heterocycles. The van der Waals surface area contributed by atoms with Crippen LogP contribution in [0.25, 0.3) is 11.4 Å². The predicted octanol–water partition coefficient (Wildman–Crippen LogP) is 3.11. The average Bonchev–Trinajstić information content (AvgIpc) is 3.39. The summed E-state index contributed by atoms with van der Waals surface area (Å²) in [5.74, 6) is 1.40. The van der Waals surface area contributed by atoms with E-state index in [4.69, 9.17) is 9.26 Å². The van der Waals surface area contributed by atoms with Crippen LogP contribution in [0.5, 0.6) is 5.75 Å². The molecule has 152 valence electrons. The van der Waals surface area contributed by atoms with Gasteiger partial charge in [-0.25, -0.2) is 13.1 Å². The summed E-state index contributed by atoms with van der Waals surface area (Å²) in [4.78, 5) is 4.57. The molecule has 1 aliphatic carbocycles. The molecule has 1 heterocycles. The Morgan fingerprint density at radius 2 is 1.93 bits per heavy atom. The lowest BCUT2D eigenvalue weighted by Gasteiger charge is -2.12. The van der Waals surface area contributed by atoms with Gasteiger partial charge in [-0.3, -0.25) is 0 Å². The molecule has 1 aliphatic rings. The summed E-state index contributed by atoms with van der Waals surface area (Å²) < 4.78 is 38.3. The molecule has 0 spiro atoms.